The van der Waals surface area contributed by atoms with E-state index in [1.807, 2.05) is 32.0 Å². The van der Waals surface area contributed by atoms with Gasteiger partial charge in [0.25, 0.3) is 0 Å². The van der Waals surface area contributed by atoms with Crippen LogP contribution in [0.25, 0.3) is 6.08 Å². The Balaban J connectivity index is 2.58. The van der Waals surface area contributed by atoms with Gasteiger partial charge in [-0.1, -0.05) is 23.7 Å². The fraction of sp³-hybridized carbons (Fsp3) is 0.357. The smallest absolute Gasteiger partial charge is 0.244 e. The van der Waals surface area contributed by atoms with E-state index in [0.717, 1.165) is 11.1 Å². The highest BCUT2D eigenvalue weighted by molar-refractivity contribution is 6.31. The number of halogens is 1. The third kappa shape index (κ3) is 4.90. The van der Waals surface area contributed by atoms with Gasteiger partial charge in [-0.25, -0.2) is 0 Å². The summed E-state index contributed by atoms with van der Waals surface area (Å²) in [4.78, 5) is 11.5. The molecule has 0 fully saturated rings. The van der Waals surface area contributed by atoms with Crippen LogP contribution < -0.4 is 5.32 Å². The number of nitrogens with one attached hydrogen (secondary N) is 1. The second-order valence-electron chi connectivity index (χ2n) is 4.26. The molecule has 0 aliphatic rings. The number of hydrogen-bond acceptors (Lipinski definition) is 2. The molecule has 18 heavy (non-hydrogen) atoms. The van der Waals surface area contributed by atoms with E-state index in [1.165, 1.54) is 6.08 Å². The summed E-state index contributed by atoms with van der Waals surface area (Å²) < 4.78 is 0. The monoisotopic (exact) mass is 267 g/mol. The highest BCUT2D eigenvalue weighted by Crippen LogP contribution is 2.17. The summed E-state index contributed by atoms with van der Waals surface area (Å²) in [7, 11) is 0. The Morgan fingerprint density at radius 3 is 2.89 bits per heavy atom. The van der Waals surface area contributed by atoms with Crippen LogP contribution in [0.5, 0.6) is 0 Å². The lowest BCUT2D eigenvalue weighted by Crippen LogP contribution is -2.31. The first-order valence-electron chi connectivity index (χ1n) is 5.88. The van der Waals surface area contributed by atoms with Crippen LogP contribution in [0.1, 0.15) is 24.5 Å². The van der Waals surface area contributed by atoms with Gasteiger partial charge in [0.1, 0.15) is 0 Å². The van der Waals surface area contributed by atoms with E-state index in [1.54, 1.807) is 6.08 Å². The molecule has 1 rings (SSSR count). The lowest BCUT2D eigenvalue weighted by Gasteiger charge is -2.09. The summed E-state index contributed by atoms with van der Waals surface area (Å²) in [6, 6.07) is 5.60. The Hall–Kier alpha value is -1.32. The first-order chi connectivity index (χ1) is 8.52. The number of benzene rings is 1. The van der Waals surface area contributed by atoms with Gasteiger partial charge in [0, 0.05) is 23.7 Å². The number of aliphatic hydroxyl groups is 1. The van der Waals surface area contributed by atoms with Gasteiger partial charge in [-0.05, 0) is 43.5 Å². The molecule has 1 atom stereocenters. The molecule has 0 heterocycles. The van der Waals surface area contributed by atoms with E-state index in [9.17, 15) is 4.79 Å². The second-order valence-corrected chi connectivity index (χ2v) is 4.67. The lowest BCUT2D eigenvalue weighted by molar-refractivity contribution is -0.117. The van der Waals surface area contributed by atoms with Crippen molar-refractivity contribution in [2.75, 3.05) is 6.61 Å². The molecular weight excluding hydrogens is 250 g/mol. The summed E-state index contributed by atoms with van der Waals surface area (Å²) in [5, 5.41) is 12.2. The van der Waals surface area contributed by atoms with Crippen LogP contribution in [-0.2, 0) is 4.79 Å². The van der Waals surface area contributed by atoms with Gasteiger partial charge in [0.05, 0.1) is 0 Å². The van der Waals surface area contributed by atoms with Crippen molar-refractivity contribution in [2.45, 2.75) is 26.3 Å². The van der Waals surface area contributed by atoms with E-state index in [2.05, 4.69) is 5.32 Å². The Morgan fingerprint density at radius 1 is 1.56 bits per heavy atom. The zero-order valence-electron chi connectivity index (χ0n) is 10.6. The number of rotatable bonds is 5. The molecule has 3 nitrogen and oxygen atoms in total. The van der Waals surface area contributed by atoms with E-state index in [4.69, 9.17) is 16.7 Å². The molecule has 0 spiro atoms. The predicted octanol–water partition coefficient (Wildman–Crippen LogP) is 2.55. The second kappa shape index (κ2) is 7.19. The zero-order chi connectivity index (χ0) is 13.5. The van der Waals surface area contributed by atoms with Crippen LogP contribution in [-0.4, -0.2) is 23.7 Å². The maximum absolute atomic E-state index is 11.5. The molecule has 1 amide bonds. The third-order valence-corrected chi connectivity index (χ3v) is 2.98. The van der Waals surface area contributed by atoms with Crippen LogP contribution in [0.15, 0.2) is 24.3 Å². The van der Waals surface area contributed by atoms with Gasteiger partial charge in [-0.2, -0.15) is 0 Å². The Labute approximate surface area is 112 Å². The summed E-state index contributed by atoms with van der Waals surface area (Å²) >= 11 is 5.99. The van der Waals surface area contributed by atoms with Crippen molar-refractivity contribution in [3.63, 3.8) is 0 Å². The molecule has 98 valence electrons. The van der Waals surface area contributed by atoms with Crippen molar-refractivity contribution in [1.82, 2.24) is 5.32 Å². The number of hydrogen-bond donors (Lipinski definition) is 2. The number of carbonyl (C=O) groups is 1. The molecule has 1 unspecified atom stereocenters. The quantitative estimate of drug-likeness (QED) is 0.806. The van der Waals surface area contributed by atoms with Crippen molar-refractivity contribution in [1.29, 1.82) is 0 Å². The SMILES string of the molecule is Cc1ccc(/C=C/C(=O)NC(C)CCO)cc1Cl. The molecule has 0 aliphatic carbocycles. The fourth-order valence-corrected chi connectivity index (χ4v) is 1.63. The highest BCUT2D eigenvalue weighted by atomic mass is 35.5. The topological polar surface area (TPSA) is 49.3 Å². The standard InChI is InChI=1S/C14H18ClNO2/c1-10-3-4-12(9-13(10)15)5-6-14(18)16-11(2)7-8-17/h3-6,9,11,17H,7-8H2,1-2H3,(H,16,18)/b6-5+. The van der Waals surface area contributed by atoms with Crippen LogP contribution >= 0.6 is 11.6 Å². The molecule has 0 aromatic heterocycles. The first-order valence-corrected chi connectivity index (χ1v) is 6.26. The minimum atomic E-state index is -0.173. The summed E-state index contributed by atoms with van der Waals surface area (Å²) in [5.41, 5.74) is 1.89. The molecule has 0 aliphatic heterocycles. The summed E-state index contributed by atoms with van der Waals surface area (Å²) in [5.74, 6) is -0.173. The van der Waals surface area contributed by atoms with Gasteiger partial charge in [-0.15, -0.1) is 0 Å². The van der Waals surface area contributed by atoms with Crippen molar-refractivity contribution >= 4 is 23.6 Å². The van der Waals surface area contributed by atoms with E-state index in [0.29, 0.717) is 11.4 Å². The van der Waals surface area contributed by atoms with Crippen molar-refractivity contribution in [3.8, 4) is 0 Å². The first kappa shape index (κ1) is 14.7. The van der Waals surface area contributed by atoms with Crippen LogP contribution in [0.2, 0.25) is 5.02 Å². The maximum Gasteiger partial charge on any atom is 0.244 e. The molecule has 2 N–H and O–H groups in total. The molecule has 1 aromatic rings. The predicted molar refractivity (Wildman–Crippen MR) is 74.5 cm³/mol. The Bertz CT molecular complexity index is 443. The molecule has 0 radical (unpaired) electrons. The largest absolute Gasteiger partial charge is 0.396 e. The number of aryl methyl sites for hydroxylation is 1. The minimum Gasteiger partial charge on any atom is -0.396 e. The van der Waals surface area contributed by atoms with Crippen molar-refractivity contribution in [2.24, 2.45) is 0 Å². The molecule has 4 heteroatoms. The van der Waals surface area contributed by atoms with Crippen molar-refractivity contribution in [3.05, 3.63) is 40.4 Å². The highest BCUT2D eigenvalue weighted by Gasteiger charge is 2.03. The van der Waals surface area contributed by atoms with Crippen LogP contribution in [0, 0.1) is 6.92 Å². The molecular formula is C14H18ClNO2. The van der Waals surface area contributed by atoms with Gasteiger partial charge in [-0.3, -0.25) is 4.79 Å². The van der Waals surface area contributed by atoms with Gasteiger partial charge in [0.15, 0.2) is 0 Å². The normalized spacial score (nSPS) is 12.7. The number of carbonyl (C=O) groups excluding carboxylic acids is 1. The van der Waals surface area contributed by atoms with E-state index < -0.39 is 0 Å². The van der Waals surface area contributed by atoms with Crippen LogP contribution in [0.3, 0.4) is 0 Å². The molecule has 0 saturated carbocycles. The maximum atomic E-state index is 11.5. The van der Waals surface area contributed by atoms with Gasteiger partial charge >= 0.3 is 0 Å². The zero-order valence-corrected chi connectivity index (χ0v) is 11.4. The Morgan fingerprint density at radius 2 is 2.28 bits per heavy atom. The summed E-state index contributed by atoms with van der Waals surface area (Å²) in [6.45, 7) is 3.85. The molecule has 0 saturated heterocycles. The summed E-state index contributed by atoms with van der Waals surface area (Å²) in [6.07, 6.45) is 3.73. The van der Waals surface area contributed by atoms with Crippen LogP contribution in [0.4, 0.5) is 0 Å². The minimum absolute atomic E-state index is 0.0336. The third-order valence-electron chi connectivity index (χ3n) is 2.57. The molecule has 0 bridgehead atoms. The lowest BCUT2D eigenvalue weighted by atomic mass is 10.1. The van der Waals surface area contributed by atoms with E-state index in [-0.39, 0.29) is 18.6 Å². The van der Waals surface area contributed by atoms with E-state index >= 15 is 0 Å². The van der Waals surface area contributed by atoms with Crippen molar-refractivity contribution < 1.29 is 9.90 Å². The number of aliphatic hydroxyl groups excluding tert-OH is 1. The van der Waals surface area contributed by atoms with Gasteiger partial charge < -0.3 is 10.4 Å². The fourth-order valence-electron chi connectivity index (χ4n) is 1.44. The Kier molecular flexibility index (Phi) is 5.89. The number of amides is 1. The average molecular weight is 268 g/mol. The van der Waals surface area contributed by atoms with Gasteiger partial charge in [0.2, 0.25) is 5.91 Å². The average Bonchev–Trinajstić information content (AvgIpc) is 2.31. The molecule has 1 aromatic carbocycles.